The second kappa shape index (κ2) is 5.80. The SMILES string of the molecule is N#Cc1cc(F)c2ccn(CC3CCC(C(=O)O)CC3)c2c1. The van der Waals surface area contributed by atoms with Gasteiger partial charge >= 0.3 is 5.97 Å². The molecule has 0 bridgehead atoms. The first-order valence-electron chi connectivity index (χ1n) is 7.49. The second-order valence-electron chi connectivity index (χ2n) is 6.03. The fraction of sp³-hybridized carbons (Fsp3) is 0.412. The number of nitriles is 1. The van der Waals surface area contributed by atoms with E-state index in [0.29, 0.717) is 29.7 Å². The number of carboxylic acids is 1. The zero-order valence-corrected chi connectivity index (χ0v) is 12.1. The molecule has 0 unspecified atom stereocenters. The fourth-order valence-corrected chi connectivity index (χ4v) is 3.34. The number of hydrogen-bond donors (Lipinski definition) is 1. The summed E-state index contributed by atoms with van der Waals surface area (Å²) in [6.07, 6.45) is 5.00. The first-order valence-corrected chi connectivity index (χ1v) is 7.49. The van der Waals surface area contributed by atoms with E-state index in [-0.39, 0.29) is 11.7 Å². The minimum absolute atomic E-state index is 0.222. The molecule has 1 fully saturated rings. The summed E-state index contributed by atoms with van der Waals surface area (Å²) >= 11 is 0. The van der Waals surface area contributed by atoms with Gasteiger partial charge in [0.25, 0.3) is 0 Å². The van der Waals surface area contributed by atoms with Crippen LogP contribution in [0.25, 0.3) is 10.9 Å². The van der Waals surface area contributed by atoms with Gasteiger partial charge in [-0.05, 0) is 49.8 Å². The van der Waals surface area contributed by atoms with Crippen molar-refractivity contribution in [3.8, 4) is 6.07 Å². The molecule has 114 valence electrons. The van der Waals surface area contributed by atoms with E-state index in [2.05, 4.69) is 0 Å². The van der Waals surface area contributed by atoms with Gasteiger partial charge in [-0.15, -0.1) is 0 Å². The minimum atomic E-state index is -0.703. The molecule has 4 nitrogen and oxygen atoms in total. The third-order valence-corrected chi connectivity index (χ3v) is 4.62. The molecule has 22 heavy (non-hydrogen) atoms. The van der Waals surface area contributed by atoms with Gasteiger partial charge in [-0.2, -0.15) is 5.26 Å². The summed E-state index contributed by atoms with van der Waals surface area (Å²) < 4.78 is 15.9. The van der Waals surface area contributed by atoms with Crippen LogP contribution in [0.4, 0.5) is 4.39 Å². The predicted molar refractivity (Wildman–Crippen MR) is 79.7 cm³/mol. The van der Waals surface area contributed by atoms with E-state index in [0.717, 1.165) is 24.9 Å². The van der Waals surface area contributed by atoms with Crippen molar-refractivity contribution in [3.63, 3.8) is 0 Å². The Morgan fingerprint density at radius 1 is 1.36 bits per heavy atom. The van der Waals surface area contributed by atoms with Gasteiger partial charge in [-0.1, -0.05) is 0 Å². The molecule has 1 N–H and O–H groups in total. The molecule has 0 aliphatic heterocycles. The molecule has 0 amide bonds. The number of aliphatic carboxylic acids is 1. The summed E-state index contributed by atoms with van der Waals surface area (Å²) in [7, 11) is 0. The van der Waals surface area contributed by atoms with Gasteiger partial charge in [-0.25, -0.2) is 4.39 Å². The predicted octanol–water partition coefficient (Wildman–Crippen LogP) is 3.54. The topological polar surface area (TPSA) is 66.0 Å². The summed E-state index contributed by atoms with van der Waals surface area (Å²) in [6, 6.07) is 6.68. The van der Waals surface area contributed by atoms with Crippen molar-refractivity contribution in [1.82, 2.24) is 4.57 Å². The third kappa shape index (κ3) is 2.69. The second-order valence-corrected chi connectivity index (χ2v) is 6.03. The zero-order valence-electron chi connectivity index (χ0n) is 12.1. The highest BCUT2D eigenvalue weighted by Crippen LogP contribution is 2.31. The Kier molecular flexibility index (Phi) is 3.84. The van der Waals surface area contributed by atoms with E-state index in [1.54, 1.807) is 12.1 Å². The molecule has 0 spiro atoms. The Hall–Kier alpha value is -2.35. The number of hydrogen-bond acceptors (Lipinski definition) is 2. The zero-order chi connectivity index (χ0) is 15.7. The summed E-state index contributed by atoms with van der Waals surface area (Å²) in [5, 5.41) is 18.5. The summed E-state index contributed by atoms with van der Waals surface area (Å²) in [6.45, 7) is 0.740. The van der Waals surface area contributed by atoms with Crippen LogP contribution >= 0.6 is 0 Å². The molecule has 1 heterocycles. The van der Waals surface area contributed by atoms with Gasteiger partial charge < -0.3 is 9.67 Å². The molecule has 1 saturated carbocycles. The number of carboxylic acid groups (broad SMARTS) is 1. The van der Waals surface area contributed by atoms with Crippen LogP contribution in [0.2, 0.25) is 0 Å². The molecular formula is C17H17FN2O2. The van der Waals surface area contributed by atoms with Crippen LogP contribution in [-0.2, 0) is 11.3 Å². The van der Waals surface area contributed by atoms with Gasteiger partial charge in [0.2, 0.25) is 0 Å². The van der Waals surface area contributed by atoms with Gasteiger partial charge in [0.05, 0.1) is 23.1 Å². The third-order valence-electron chi connectivity index (χ3n) is 4.62. The Balaban J connectivity index is 1.79. The maximum atomic E-state index is 13.9. The van der Waals surface area contributed by atoms with Crippen LogP contribution in [0, 0.1) is 29.0 Å². The highest BCUT2D eigenvalue weighted by Gasteiger charge is 2.26. The molecule has 1 aromatic heterocycles. The summed E-state index contributed by atoms with van der Waals surface area (Å²) in [4.78, 5) is 11.0. The number of benzene rings is 1. The molecule has 0 saturated heterocycles. The molecule has 0 radical (unpaired) electrons. The van der Waals surface area contributed by atoms with E-state index in [4.69, 9.17) is 10.4 Å². The van der Waals surface area contributed by atoms with Crippen molar-refractivity contribution in [3.05, 3.63) is 35.8 Å². The van der Waals surface area contributed by atoms with Crippen molar-refractivity contribution in [2.45, 2.75) is 32.2 Å². The number of fused-ring (bicyclic) bond motifs is 1. The first-order chi connectivity index (χ1) is 10.6. The van der Waals surface area contributed by atoms with Gasteiger partial charge in [0, 0.05) is 18.1 Å². The van der Waals surface area contributed by atoms with Crippen molar-refractivity contribution >= 4 is 16.9 Å². The Bertz CT molecular complexity index is 752. The molecule has 1 aromatic carbocycles. The lowest BCUT2D eigenvalue weighted by molar-refractivity contribution is -0.143. The van der Waals surface area contributed by atoms with Crippen molar-refractivity contribution < 1.29 is 14.3 Å². The van der Waals surface area contributed by atoms with Crippen LogP contribution in [-0.4, -0.2) is 15.6 Å². The smallest absolute Gasteiger partial charge is 0.306 e. The average Bonchev–Trinajstić information content (AvgIpc) is 2.91. The Morgan fingerprint density at radius 2 is 2.09 bits per heavy atom. The van der Waals surface area contributed by atoms with Crippen LogP contribution in [0.1, 0.15) is 31.2 Å². The van der Waals surface area contributed by atoms with E-state index < -0.39 is 5.97 Å². The van der Waals surface area contributed by atoms with Gasteiger partial charge in [0.1, 0.15) is 5.82 Å². The van der Waals surface area contributed by atoms with E-state index in [9.17, 15) is 9.18 Å². The number of carbonyl (C=O) groups is 1. The number of nitrogens with zero attached hydrogens (tertiary/aromatic N) is 2. The van der Waals surface area contributed by atoms with E-state index in [1.165, 1.54) is 6.07 Å². The highest BCUT2D eigenvalue weighted by molar-refractivity contribution is 5.82. The van der Waals surface area contributed by atoms with E-state index in [1.807, 2.05) is 16.8 Å². The largest absolute Gasteiger partial charge is 0.481 e. The van der Waals surface area contributed by atoms with Crippen molar-refractivity contribution in [2.75, 3.05) is 0 Å². The Labute approximate surface area is 127 Å². The summed E-state index contributed by atoms with van der Waals surface area (Å²) in [5.41, 5.74) is 1.05. The molecule has 1 aliphatic carbocycles. The van der Waals surface area contributed by atoms with Crippen LogP contribution in [0.3, 0.4) is 0 Å². The molecule has 0 atom stereocenters. The fourth-order valence-electron chi connectivity index (χ4n) is 3.34. The quantitative estimate of drug-likeness (QED) is 0.942. The lowest BCUT2D eigenvalue weighted by Crippen LogP contribution is -2.23. The van der Waals surface area contributed by atoms with Crippen LogP contribution in [0.15, 0.2) is 24.4 Å². The van der Waals surface area contributed by atoms with Crippen LogP contribution in [0.5, 0.6) is 0 Å². The molecular weight excluding hydrogens is 283 g/mol. The normalized spacial score (nSPS) is 21.6. The van der Waals surface area contributed by atoms with E-state index >= 15 is 0 Å². The minimum Gasteiger partial charge on any atom is -0.481 e. The van der Waals surface area contributed by atoms with Crippen molar-refractivity contribution in [2.24, 2.45) is 11.8 Å². The summed E-state index contributed by atoms with van der Waals surface area (Å²) in [5.74, 6) is -0.895. The number of aromatic nitrogens is 1. The molecule has 1 aliphatic rings. The number of halogens is 1. The van der Waals surface area contributed by atoms with Gasteiger partial charge in [0.15, 0.2) is 0 Å². The van der Waals surface area contributed by atoms with Crippen molar-refractivity contribution in [1.29, 1.82) is 5.26 Å². The maximum Gasteiger partial charge on any atom is 0.306 e. The molecule has 5 heteroatoms. The van der Waals surface area contributed by atoms with Crippen LogP contribution < -0.4 is 0 Å². The maximum absolute atomic E-state index is 13.9. The van der Waals surface area contributed by atoms with Gasteiger partial charge in [-0.3, -0.25) is 4.79 Å². The highest BCUT2D eigenvalue weighted by atomic mass is 19.1. The average molecular weight is 300 g/mol. The monoisotopic (exact) mass is 300 g/mol. The lowest BCUT2D eigenvalue weighted by Gasteiger charge is -2.26. The lowest BCUT2D eigenvalue weighted by atomic mass is 9.82. The standard InChI is InChI=1S/C17H17FN2O2/c18-15-7-12(9-19)8-16-14(15)5-6-20(16)10-11-1-3-13(4-2-11)17(21)22/h5-8,11,13H,1-4,10H2,(H,21,22). The molecule has 2 aromatic rings. The Morgan fingerprint density at radius 3 is 2.73 bits per heavy atom. The number of rotatable bonds is 3. The molecule has 3 rings (SSSR count). The first kappa shape index (κ1) is 14.6.